The first kappa shape index (κ1) is 14.4. The predicted molar refractivity (Wildman–Crippen MR) is 84.8 cm³/mol. The molecule has 0 spiro atoms. The molecule has 112 valence electrons. The van der Waals surface area contributed by atoms with E-state index in [4.69, 9.17) is 11.6 Å². The lowest BCUT2D eigenvalue weighted by atomic mass is 10.1. The fourth-order valence-electron chi connectivity index (χ4n) is 2.33. The van der Waals surface area contributed by atoms with Gasteiger partial charge in [-0.1, -0.05) is 29.8 Å². The van der Waals surface area contributed by atoms with E-state index in [0.29, 0.717) is 16.5 Å². The van der Waals surface area contributed by atoms with Gasteiger partial charge in [0, 0.05) is 36.2 Å². The summed E-state index contributed by atoms with van der Waals surface area (Å²) in [6, 6.07) is 10.5. The number of amides is 1. The monoisotopic (exact) mass is 314 g/mol. The molecule has 1 amide bonds. The summed E-state index contributed by atoms with van der Waals surface area (Å²) in [5.74, 6) is 0.505. The lowest BCUT2D eigenvalue weighted by Gasteiger charge is -2.20. The van der Waals surface area contributed by atoms with Gasteiger partial charge in [0.2, 0.25) is 0 Å². The number of hydrogen-bond donors (Lipinski definition) is 2. The fraction of sp³-hybridized carbons (Fsp3) is 0.125. The van der Waals surface area contributed by atoms with Gasteiger partial charge < -0.3 is 14.9 Å². The van der Waals surface area contributed by atoms with Crippen molar-refractivity contribution in [2.24, 2.45) is 7.05 Å². The van der Waals surface area contributed by atoms with Crippen molar-refractivity contribution in [3.05, 3.63) is 77.1 Å². The van der Waals surface area contributed by atoms with Crippen LogP contribution < -0.4 is 5.32 Å². The number of aromatic nitrogens is 3. The van der Waals surface area contributed by atoms with E-state index in [1.165, 1.54) is 0 Å². The SMILES string of the molecule is Cn1ccnc1C(NC(=O)c1ccc[nH]1)c1ccccc1Cl. The number of carbonyl (C=O) groups excluding carboxylic acids is 1. The summed E-state index contributed by atoms with van der Waals surface area (Å²) in [6.45, 7) is 0. The van der Waals surface area contributed by atoms with Gasteiger partial charge in [-0.05, 0) is 18.2 Å². The van der Waals surface area contributed by atoms with Gasteiger partial charge in [-0.15, -0.1) is 0 Å². The maximum absolute atomic E-state index is 12.4. The van der Waals surface area contributed by atoms with Gasteiger partial charge in [0.1, 0.15) is 17.6 Å². The van der Waals surface area contributed by atoms with E-state index < -0.39 is 6.04 Å². The molecule has 0 radical (unpaired) electrons. The second-order valence-corrected chi connectivity index (χ2v) is 5.32. The third-order valence-corrected chi connectivity index (χ3v) is 3.80. The van der Waals surface area contributed by atoms with E-state index in [2.05, 4.69) is 15.3 Å². The summed E-state index contributed by atoms with van der Waals surface area (Å²) < 4.78 is 1.86. The summed E-state index contributed by atoms with van der Waals surface area (Å²) in [5.41, 5.74) is 1.30. The molecule has 0 aliphatic rings. The Bertz CT molecular complexity index is 779. The fourth-order valence-corrected chi connectivity index (χ4v) is 2.57. The molecule has 0 aliphatic carbocycles. The number of rotatable bonds is 4. The highest BCUT2D eigenvalue weighted by Crippen LogP contribution is 2.27. The van der Waals surface area contributed by atoms with Crippen LogP contribution in [0.1, 0.15) is 27.9 Å². The van der Waals surface area contributed by atoms with Gasteiger partial charge in [-0.25, -0.2) is 4.98 Å². The first-order valence-corrected chi connectivity index (χ1v) is 7.20. The van der Waals surface area contributed by atoms with Gasteiger partial charge in [-0.3, -0.25) is 4.79 Å². The Hall–Kier alpha value is -2.53. The zero-order chi connectivity index (χ0) is 15.5. The highest BCUT2D eigenvalue weighted by molar-refractivity contribution is 6.31. The van der Waals surface area contributed by atoms with Gasteiger partial charge in [0.15, 0.2) is 0 Å². The highest BCUT2D eigenvalue weighted by atomic mass is 35.5. The lowest BCUT2D eigenvalue weighted by molar-refractivity contribution is 0.0937. The van der Waals surface area contributed by atoms with Crippen molar-refractivity contribution < 1.29 is 4.79 Å². The maximum Gasteiger partial charge on any atom is 0.268 e. The summed E-state index contributed by atoms with van der Waals surface area (Å²) in [7, 11) is 1.88. The summed E-state index contributed by atoms with van der Waals surface area (Å²) in [4.78, 5) is 19.6. The van der Waals surface area contributed by atoms with Crippen molar-refractivity contribution in [1.82, 2.24) is 19.9 Å². The molecule has 6 heteroatoms. The molecular weight excluding hydrogens is 300 g/mol. The van der Waals surface area contributed by atoms with Gasteiger partial charge in [0.05, 0.1) is 0 Å². The summed E-state index contributed by atoms with van der Waals surface area (Å²) in [6.07, 6.45) is 5.24. The Morgan fingerprint density at radius 1 is 1.32 bits per heavy atom. The number of aryl methyl sites for hydroxylation is 1. The Morgan fingerprint density at radius 3 is 2.77 bits per heavy atom. The molecule has 5 nitrogen and oxygen atoms in total. The van der Waals surface area contributed by atoms with Crippen LogP contribution in [0, 0.1) is 0 Å². The minimum atomic E-state index is -0.426. The smallest absolute Gasteiger partial charge is 0.268 e. The summed E-state index contributed by atoms with van der Waals surface area (Å²) in [5, 5.41) is 3.57. The molecular formula is C16H15ClN4O. The highest BCUT2D eigenvalue weighted by Gasteiger charge is 2.23. The van der Waals surface area contributed by atoms with E-state index in [0.717, 1.165) is 5.56 Å². The molecule has 0 aliphatic heterocycles. The molecule has 0 bridgehead atoms. The third-order valence-electron chi connectivity index (χ3n) is 3.45. The molecule has 3 rings (SSSR count). The number of benzene rings is 1. The van der Waals surface area contributed by atoms with E-state index in [1.54, 1.807) is 30.6 Å². The maximum atomic E-state index is 12.4. The van der Waals surface area contributed by atoms with Crippen molar-refractivity contribution in [2.45, 2.75) is 6.04 Å². The van der Waals surface area contributed by atoms with Crippen LogP contribution in [0.25, 0.3) is 0 Å². The van der Waals surface area contributed by atoms with E-state index in [-0.39, 0.29) is 5.91 Å². The number of H-pyrrole nitrogens is 1. The number of halogens is 1. The van der Waals surface area contributed by atoms with Crippen LogP contribution >= 0.6 is 11.6 Å². The van der Waals surface area contributed by atoms with Crippen molar-refractivity contribution in [3.63, 3.8) is 0 Å². The number of aromatic amines is 1. The molecule has 22 heavy (non-hydrogen) atoms. The molecule has 0 saturated carbocycles. The Balaban J connectivity index is 1.99. The zero-order valence-corrected chi connectivity index (χ0v) is 12.7. The average molecular weight is 315 g/mol. The Labute approximate surface area is 133 Å². The average Bonchev–Trinajstić information content (AvgIpc) is 3.17. The molecule has 1 atom stereocenters. The first-order valence-electron chi connectivity index (χ1n) is 6.82. The van der Waals surface area contributed by atoms with Crippen molar-refractivity contribution in [2.75, 3.05) is 0 Å². The van der Waals surface area contributed by atoms with E-state index in [9.17, 15) is 4.79 Å². The third kappa shape index (κ3) is 2.76. The molecule has 2 N–H and O–H groups in total. The van der Waals surface area contributed by atoms with Crippen LogP contribution in [0.15, 0.2) is 55.0 Å². The van der Waals surface area contributed by atoms with Gasteiger partial charge >= 0.3 is 0 Å². The Kier molecular flexibility index (Phi) is 3.98. The van der Waals surface area contributed by atoms with Gasteiger partial charge in [0.25, 0.3) is 5.91 Å². The Morgan fingerprint density at radius 2 is 2.14 bits per heavy atom. The van der Waals surface area contributed by atoms with Gasteiger partial charge in [-0.2, -0.15) is 0 Å². The number of carbonyl (C=O) groups is 1. The van der Waals surface area contributed by atoms with Crippen LogP contribution in [-0.2, 0) is 7.05 Å². The van der Waals surface area contributed by atoms with E-state index >= 15 is 0 Å². The molecule has 0 fully saturated rings. The standard InChI is InChI=1S/C16H15ClN4O/c1-21-10-9-19-15(21)14(11-5-2-3-6-12(11)17)20-16(22)13-7-4-8-18-13/h2-10,14,18H,1H3,(H,20,22). The number of nitrogens with zero attached hydrogens (tertiary/aromatic N) is 2. The molecule has 2 heterocycles. The zero-order valence-electron chi connectivity index (χ0n) is 12.0. The van der Waals surface area contributed by atoms with Crippen LogP contribution in [0.5, 0.6) is 0 Å². The van der Waals surface area contributed by atoms with Crippen LogP contribution in [0.2, 0.25) is 5.02 Å². The second-order valence-electron chi connectivity index (χ2n) is 4.91. The minimum absolute atomic E-state index is 0.210. The van der Waals surface area contributed by atoms with Crippen molar-refractivity contribution >= 4 is 17.5 Å². The van der Waals surface area contributed by atoms with Crippen molar-refractivity contribution in [1.29, 1.82) is 0 Å². The van der Waals surface area contributed by atoms with E-state index in [1.807, 2.05) is 36.0 Å². The molecule has 1 aromatic carbocycles. The molecule has 1 unspecified atom stereocenters. The first-order chi connectivity index (χ1) is 10.7. The summed E-state index contributed by atoms with van der Waals surface area (Å²) >= 11 is 6.30. The molecule has 3 aromatic rings. The largest absolute Gasteiger partial charge is 0.357 e. The van der Waals surface area contributed by atoms with Crippen LogP contribution in [-0.4, -0.2) is 20.4 Å². The quantitative estimate of drug-likeness (QED) is 0.777. The second kappa shape index (κ2) is 6.07. The normalized spacial score (nSPS) is 12.1. The van der Waals surface area contributed by atoms with Crippen molar-refractivity contribution in [3.8, 4) is 0 Å². The number of hydrogen-bond acceptors (Lipinski definition) is 2. The lowest BCUT2D eigenvalue weighted by Crippen LogP contribution is -2.31. The molecule has 2 aromatic heterocycles. The predicted octanol–water partition coefficient (Wildman–Crippen LogP) is 2.92. The minimum Gasteiger partial charge on any atom is -0.357 e. The number of imidazole rings is 1. The molecule has 0 saturated heterocycles. The number of nitrogens with one attached hydrogen (secondary N) is 2. The van der Waals surface area contributed by atoms with Crippen LogP contribution in [0.4, 0.5) is 0 Å². The van der Waals surface area contributed by atoms with Crippen LogP contribution in [0.3, 0.4) is 0 Å². The topological polar surface area (TPSA) is 62.7 Å².